The Labute approximate surface area is 192 Å². The van der Waals surface area contributed by atoms with Crippen molar-refractivity contribution in [1.29, 1.82) is 0 Å². The van der Waals surface area contributed by atoms with E-state index in [0.29, 0.717) is 28.4 Å². The van der Waals surface area contributed by atoms with Crippen LogP contribution in [0.1, 0.15) is 53.2 Å². The van der Waals surface area contributed by atoms with Gasteiger partial charge >= 0.3 is 17.9 Å². The van der Waals surface area contributed by atoms with E-state index in [2.05, 4.69) is 0 Å². The Morgan fingerprint density at radius 3 is 2.36 bits per heavy atom. The van der Waals surface area contributed by atoms with E-state index in [9.17, 15) is 19.5 Å². The van der Waals surface area contributed by atoms with Crippen molar-refractivity contribution in [3.63, 3.8) is 0 Å². The van der Waals surface area contributed by atoms with Crippen molar-refractivity contribution >= 4 is 17.9 Å². The molecule has 1 N–H and O–H groups in total. The highest BCUT2D eigenvalue weighted by Crippen LogP contribution is 2.44. The summed E-state index contributed by atoms with van der Waals surface area (Å²) in [4.78, 5) is 36.5. The van der Waals surface area contributed by atoms with Gasteiger partial charge in [0.2, 0.25) is 12.5 Å². The number of carbonyl (C=O) groups is 3. The monoisotopic (exact) mass is 466 g/mol. The van der Waals surface area contributed by atoms with E-state index < -0.39 is 41.8 Å². The molecule has 0 spiro atoms. The lowest BCUT2D eigenvalue weighted by Crippen LogP contribution is -2.49. The Kier molecular flexibility index (Phi) is 8.32. The summed E-state index contributed by atoms with van der Waals surface area (Å²) >= 11 is 0. The van der Waals surface area contributed by atoms with E-state index in [0.717, 1.165) is 0 Å². The number of allylic oxidation sites excluding steroid dienone is 1. The minimum Gasteiger partial charge on any atom is -0.493 e. The van der Waals surface area contributed by atoms with Crippen LogP contribution in [0.25, 0.3) is 0 Å². The Bertz CT molecular complexity index is 933. The maximum Gasteiger partial charge on any atom is 0.342 e. The normalized spacial score (nSPS) is 17.3. The van der Waals surface area contributed by atoms with Gasteiger partial charge in [-0.1, -0.05) is 6.08 Å². The number of methoxy groups -OCH3 is 1. The molecule has 2 rings (SSSR count). The molecule has 1 aliphatic heterocycles. The third-order valence-corrected chi connectivity index (χ3v) is 5.27. The quantitative estimate of drug-likeness (QED) is 0.330. The molecule has 0 saturated carbocycles. The minimum atomic E-state index is -2.16. The van der Waals surface area contributed by atoms with E-state index in [-0.39, 0.29) is 6.79 Å². The molecule has 0 aliphatic carbocycles. The number of benzene rings is 1. The van der Waals surface area contributed by atoms with Crippen LogP contribution in [-0.2, 0) is 28.6 Å². The van der Waals surface area contributed by atoms with Crippen LogP contribution in [0.4, 0.5) is 0 Å². The average molecular weight is 466 g/mol. The Balaban J connectivity index is 2.25. The lowest BCUT2D eigenvalue weighted by molar-refractivity contribution is -0.192. The Morgan fingerprint density at radius 1 is 1.12 bits per heavy atom. The first-order valence-electron chi connectivity index (χ1n) is 10.3. The van der Waals surface area contributed by atoms with Gasteiger partial charge in [-0.05, 0) is 46.8 Å². The van der Waals surface area contributed by atoms with Gasteiger partial charge in [-0.2, -0.15) is 0 Å². The van der Waals surface area contributed by atoms with Crippen molar-refractivity contribution in [2.24, 2.45) is 0 Å². The molecule has 1 aromatic rings. The molecule has 0 bridgehead atoms. The first-order chi connectivity index (χ1) is 15.4. The van der Waals surface area contributed by atoms with Gasteiger partial charge in [-0.25, -0.2) is 9.59 Å². The molecule has 0 fully saturated rings. The standard InChI is InChI=1S/C23H30O10/c1-8-12(2)21(25)32-14(4)23(6,27)22(26)31-13(3)19(33-15(5)24)16-9-17(28-7)20-18(10-16)29-11-30-20/h8-10,13-14,19,27H,11H2,1-7H3. The number of carbonyl (C=O) groups excluding carboxylic acids is 3. The van der Waals surface area contributed by atoms with E-state index in [1.807, 2.05) is 0 Å². The van der Waals surface area contributed by atoms with Crippen molar-refractivity contribution in [3.05, 3.63) is 29.3 Å². The van der Waals surface area contributed by atoms with Crippen LogP contribution in [0.2, 0.25) is 0 Å². The first kappa shape index (κ1) is 26.0. The molecule has 10 nitrogen and oxygen atoms in total. The fourth-order valence-electron chi connectivity index (χ4n) is 2.93. The maximum absolute atomic E-state index is 12.8. The summed E-state index contributed by atoms with van der Waals surface area (Å²) in [5, 5.41) is 10.7. The molecule has 4 unspecified atom stereocenters. The van der Waals surface area contributed by atoms with Gasteiger partial charge in [0.1, 0.15) is 12.2 Å². The second-order valence-electron chi connectivity index (χ2n) is 7.76. The van der Waals surface area contributed by atoms with Crippen molar-refractivity contribution in [2.75, 3.05) is 13.9 Å². The summed E-state index contributed by atoms with van der Waals surface area (Å²) < 4.78 is 32.1. The summed E-state index contributed by atoms with van der Waals surface area (Å²) in [6.07, 6.45) is -1.74. The molecule has 1 heterocycles. The zero-order valence-electron chi connectivity index (χ0n) is 19.8. The fraction of sp³-hybridized carbons (Fsp3) is 0.522. The molecule has 33 heavy (non-hydrogen) atoms. The van der Waals surface area contributed by atoms with Crippen LogP contribution in [0.3, 0.4) is 0 Å². The van der Waals surface area contributed by atoms with Gasteiger partial charge in [-0.15, -0.1) is 0 Å². The van der Waals surface area contributed by atoms with Crippen LogP contribution < -0.4 is 14.2 Å². The number of fused-ring (bicyclic) bond motifs is 1. The van der Waals surface area contributed by atoms with Crippen LogP contribution in [0.5, 0.6) is 17.2 Å². The molecule has 0 radical (unpaired) electrons. The van der Waals surface area contributed by atoms with Gasteiger partial charge in [0, 0.05) is 18.1 Å². The lowest BCUT2D eigenvalue weighted by Gasteiger charge is -2.31. The van der Waals surface area contributed by atoms with Crippen LogP contribution in [-0.4, -0.2) is 54.7 Å². The smallest absolute Gasteiger partial charge is 0.342 e. The summed E-state index contributed by atoms with van der Waals surface area (Å²) in [7, 11) is 1.45. The number of esters is 3. The fourth-order valence-corrected chi connectivity index (χ4v) is 2.93. The molecule has 0 saturated heterocycles. The number of rotatable bonds is 9. The Hall–Kier alpha value is -3.27. The maximum atomic E-state index is 12.8. The van der Waals surface area contributed by atoms with Crippen LogP contribution in [0, 0.1) is 0 Å². The van der Waals surface area contributed by atoms with Crippen molar-refractivity contribution in [3.8, 4) is 17.2 Å². The zero-order chi connectivity index (χ0) is 24.9. The number of aliphatic hydroxyl groups is 1. The second kappa shape index (κ2) is 10.6. The van der Waals surface area contributed by atoms with Gasteiger partial charge in [0.25, 0.3) is 0 Å². The second-order valence-corrected chi connectivity index (χ2v) is 7.76. The van der Waals surface area contributed by atoms with Gasteiger partial charge < -0.3 is 33.5 Å². The third kappa shape index (κ3) is 5.95. The predicted molar refractivity (Wildman–Crippen MR) is 115 cm³/mol. The van der Waals surface area contributed by atoms with Gasteiger partial charge in [-0.3, -0.25) is 4.79 Å². The molecule has 4 atom stereocenters. The topological polar surface area (TPSA) is 127 Å². The molecule has 1 aromatic carbocycles. The highest BCUT2D eigenvalue weighted by Gasteiger charge is 2.43. The van der Waals surface area contributed by atoms with Gasteiger partial charge in [0.15, 0.2) is 23.2 Å². The highest BCUT2D eigenvalue weighted by molar-refractivity contribution is 5.88. The summed E-state index contributed by atoms with van der Waals surface area (Å²) in [5.74, 6) is -1.21. The van der Waals surface area contributed by atoms with Gasteiger partial charge in [0.05, 0.1) is 7.11 Å². The summed E-state index contributed by atoms with van der Waals surface area (Å²) in [5.41, 5.74) is -1.41. The zero-order valence-corrected chi connectivity index (χ0v) is 19.8. The largest absolute Gasteiger partial charge is 0.493 e. The van der Waals surface area contributed by atoms with Crippen LogP contribution in [0.15, 0.2) is 23.8 Å². The summed E-state index contributed by atoms with van der Waals surface area (Å²) in [6.45, 7) is 8.48. The highest BCUT2D eigenvalue weighted by atomic mass is 16.7. The van der Waals surface area contributed by atoms with Crippen LogP contribution >= 0.6 is 0 Å². The molecule has 1 aliphatic rings. The molecular formula is C23H30O10. The number of ether oxygens (including phenoxy) is 6. The van der Waals surface area contributed by atoms with Crippen molar-refractivity contribution in [1.82, 2.24) is 0 Å². The third-order valence-electron chi connectivity index (χ3n) is 5.27. The lowest BCUT2D eigenvalue weighted by atomic mass is 9.99. The molecule has 0 aromatic heterocycles. The SMILES string of the molecule is CC=C(C)C(=O)OC(C)C(C)(O)C(=O)OC(C)C(OC(C)=O)c1cc(OC)c2c(c1)OCO2. The number of hydrogen-bond donors (Lipinski definition) is 1. The van der Waals surface area contributed by atoms with Crippen molar-refractivity contribution < 1.29 is 47.9 Å². The molecule has 0 amide bonds. The minimum absolute atomic E-state index is 0.00406. The van der Waals surface area contributed by atoms with E-state index >= 15 is 0 Å². The van der Waals surface area contributed by atoms with E-state index in [1.54, 1.807) is 32.1 Å². The van der Waals surface area contributed by atoms with E-state index in [1.165, 1.54) is 34.8 Å². The molecule has 182 valence electrons. The number of hydrogen-bond acceptors (Lipinski definition) is 10. The first-order valence-corrected chi connectivity index (χ1v) is 10.3. The van der Waals surface area contributed by atoms with Crippen molar-refractivity contribution in [2.45, 2.75) is 65.5 Å². The predicted octanol–water partition coefficient (Wildman–Crippen LogP) is 2.61. The Morgan fingerprint density at radius 2 is 1.79 bits per heavy atom. The average Bonchev–Trinajstić information content (AvgIpc) is 3.24. The molecular weight excluding hydrogens is 436 g/mol. The molecule has 10 heteroatoms. The van der Waals surface area contributed by atoms with E-state index in [4.69, 9.17) is 28.4 Å². The summed E-state index contributed by atoms with van der Waals surface area (Å²) in [6, 6.07) is 3.17.